The van der Waals surface area contributed by atoms with E-state index >= 15 is 0 Å². The number of carboxylic acids is 1. The lowest BCUT2D eigenvalue weighted by Crippen LogP contribution is -2.39. The van der Waals surface area contributed by atoms with E-state index in [0.717, 1.165) is 15.5 Å². The van der Waals surface area contributed by atoms with E-state index in [2.05, 4.69) is 25.3 Å². The molecule has 0 bridgehead atoms. The van der Waals surface area contributed by atoms with Gasteiger partial charge in [0.25, 0.3) is 5.56 Å². The highest BCUT2D eigenvalue weighted by Gasteiger charge is 2.20. The fraction of sp³-hybridized carbons (Fsp3) is 0.250. The van der Waals surface area contributed by atoms with Crippen LogP contribution in [0.25, 0.3) is 22.1 Å². The van der Waals surface area contributed by atoms with E-state index in [1.165, 1.54) is 4.57 Å². The monoisotopic (exact) mass is 522 g/mol. The van der Waals surface area contributed by atoms with Crippen molar-refractivity contribution in [1.82, 2.24) is 33.6 Å². The molecule has 5 rings (SSSR count). The third-order valence-electron chi connectivity index (χ3n) is 6.06. The van der Waals surface area contributed by atoms with Crippen molar-refractivity contribution in [2.75, 3.05) is 5.32 Å². The summed E-state index contributed by atoms with van der Waals surface area (Å²) in [6.45, 7) is 1.80. The van der Waals surface area contributed by atoms with Crippen LogP contribution in [0.4, 0.5) is 11.8 Å². The quantitative estimate of drug-likeness (QED) is 0.294. The van der Waals surface area contributed by atoms with Gasteiger partial charge in [-0.05, 0) is 25.1 Å². The van der Waals surface area contributed by atoms with Crippen molar-refractivity contribution in [3.63, 3.8) is 0 Å². The summed E-state index contributed by atoms with van der Waals surface area (Å²) in [7, 11) is 3.22. The van der Waals surface area contributed by atoms with Crippen LogP contribution in [-0.2, 0) is 31.9 Å². The van der Waals surface area contributed by atoms with Gasteiger partial charge in [-0.15, -0.1) is 0 Å². The molecule has 37 heavy (non-hydrogen) atoms. The first-order valence-corrected chi connectivity index (χ1v) is 11.8. The molecule has 4 aromatic heterocycles. The number of hydrogen-bond donors (Lipinski definition) is 3. The SMILES string of the molecule is Cc1cc(Nc2nc3c(c(=O)n(Cc4cc5c(Cl)cccc5[nH]4)c(=O)n3C)n2C)nc(CCC(=O)O)n1. The number of H-pyrrole nitrogens is 1. The van der Waals surface area contributed by atoms with Crippen LogP contribution in [0.15, 0.2) is 39.9 Å². The van der Waals surface area contributed by atoms with Gasteiger partial charge in [-0.25, -0.2) is 14.8 Å². The van der Waals surface area contributed by atoms with E-state index in [4.69, 9.17) is 16.7 Å². The number of halogens is 1. The molecule has 13 heteroatoms. The van der Waals surface area contributed by atoms with E-state index in [1.807, 2.05) is 18.2 Å². The third-order valence-corrected chi connectivity index (χ3v) is 6.39. The lowest BCUT2D eigenvalue weighted by molar-refractivity contribution is -0.137. The molecule has 5 aromatic rings. The Morgan fingerprint density at radius 1 is 1.14 bits per heavy atom. The summed E-state index contributed by atoms with van der Waals surface area (Å²) in [5.41, 5.74) is 1.55. The summed E-state index contributed by atoms with van der Waals surface area (Å²) in [6.07, 6.45) is 0.0752. The van der Waals surface area contributed by atoms with E-state index in [9.17, 15) is 14.4 Å². The predicted molar refractivity (Wildman–Crippen MR) is 139 cm³/mol. The normalized spacial score (nSPS) is 11.5. The standard InChI is InChI=1S/C24H23ClN8O4/c1-12-9-18(28-17(26-12)7-8-19(34)35)29-23-30-21-20(31(23)2)22(36)33(24(37)32(21)3)11-13-10-14-15(25)5-4-6-16(14)27-13/h4-6,9-10,27H,7-8,11H2,1-3H3,(H,34,35)(H,26,28,29,30). The molecule has 0 aliphatic heterocycles. The van der Waals surface area contributed by atoms with E-state index in [0.29, 0.717) is 34.0 Å². The van der Waals surface area contributed by atoms with Crippen molar-refractivity contribution in [3.8, 4) is 0 Å². The Morgan fingerprint density at radius 3 is 2.65 bits per heavy atom. The van der Waals surface area contributed by atoms with Gasteiger partial charge in [-0.1, -0.05) is 17.7 Å². The highest BCUT2D eigenvalue weighted by molar-refractivity contribution is 6.35. The molecule has 0 spiro atoms. The van der Waals surface area contributed by atoms with Crippen LogP contribution in [0, 0.1) is 6.92 Å². The second-order valence-electron chi connectivity index (χ2n) is 8.72. The van der Waals surface area contributed by atoms with Gasteiger partial charge in [0.15, 0.2) is 11.2 Å². The number of carbonyl (C=O) groups is 1. The Balaban J connectivity index is 1.54. The zero-order chi connectivity index (χ0) is 26.4. The first-order chi connectivity index (χ1) is 17.6. The second-order valence-corrected chi connectivity index (χ2v) is 9.13. The molecule has 3 N–H and O–H groups in total. The molecule has 0 atom stereocenters. The molecule has 12 nitrogen and oxygen atoms in total. The number of aromatic amines is 1. The average molecular weight is 523 g/mol. The summed E-state index contributed by atoms with van der Waals surface area (Å²) in [5.74, 6) is 0.116. The molecule has 0 radical (unpaired) electrons. The number of nitrogens with zero attached hydrogens (tertiary/aromatic N) is 6. The van der Waals surface area contributed by atoms with Crippen molar-refractivity contribution in [2.45, 2.75) is 26.3 Å². The number of rotatable bonds is 7. The smallest absolute Gasteiger partial charge is 0.332 e. The van der Waals surface area contributed by atoms with Crippen LogP contribution >= 0.6 is 11.6 Å². The fourth-order valence-electron chi connectivity index (χ4n) is 4.27. The van der Waals surface area contributed by atoms with Crippen molar-refractivity contribution < 1.29 is 9.90 Å². The molecule has 190 valence electrons. The predicted octanol–water partition coefficient (Wildman–Crippen LogP) is 2.48. The lowest BCUT2D eigenvalue weighted by Gasteiger charge is -2.09. The molecule has 0 saturated heterocycles. The number of aliphatic carboxylic acids is 1. The molecule has 0 unspecified atom stereocenters. The lowest BCUT2D eigenvalue weighted by atomic mass is 10.2. The Morgan fingerprint density at radius 2 is 1.92 bits per heavy atom. The molecule has 1 aromatic carbocycles. The summed E-state index contributed by atoms with van der Waals surface area (Å²) in [6, 6.07) is 8.97. The number of imidazole rings is 1. The number of carboxylic acid groups (broad SMARTS) is 1. The average Bonchev–Trinajstić information content (AvgIpc) is 3.40. The molecule has 0 aliphatic rings. The maximum absolute atomic E-state index is 13.5. The van der Waals surface area contributed by atoms with Gasteiger partial charge in [0.1, 0.15) is 11.6 Å². The minimum absolute atomic E-state index is 0.0262. The second kappa shape index (κ2) is 9.21. The van der Waals surface area contributed by atoms with Crippen molar-refractivity contribution in [1.29, 1.82) is 0 Å². The van der Waals surface area contributed by atoms with E-state index in [1.54, 1.807) is 37.7 Å². The van der Waals surface area contributed by atoms with Crippen molar-refractivity contribution in [3.05, 3.63) is 73.4 Å². The maximum Gasteiger partial charge on any atom is 0.332 e. The van der Waals surface area contributed by atoms with Crippen LogP contribution in [0.1, 0.15) is 23.6 Å². The first-order valence-electron chi connectivity index (χ1n) is 11.4. The number of aromatic nitrogens is 7. The van der Waals surface area contributed by atoms with Crippen molar-refractivity contribution >= 4 is 51.4 Å². The molecule has 0 saturated carbocycles. The summed E-state index contributed by atoms with van der Waals surface area (Å²) < 4.78 is 4.02. The molecular formula is C24H23ClN8O4. The summed E-state index contributed by atoms with van der Waals surface area (Å²) in [5, 5.41) is 13.4. The van der Waals surface area contributed by atoms with Crippen molar-refractivity contribution in [2.24, 2.45) is 14.1 Å². The summed E-state index contributed by atoms with van der Waals surface area (Å²) >= 11 is 6.27. The minimum Gasteiger partial charge on any atom is -0.481 e. The number of nitrogens with one attached hydrogen (secondary N) is 2. The van der Waals surface area contributed by atoms with Crippen LogP contribution in [-0.4, -0.2) is 44.7 Å². The van der Waals surface area contributed by atoms with E-state index in [-0.39, 0.29) is 30.6 Å². The molecule has 0 aliphatic carbocycles. The van der Waals surface area contributed by atoms with Gasteiger partial charge < -0.3 is 20.0 Å². The molecular weight excluding hydrogens is 500 g/mol. The maximum atomic E-state index is 13.5. The Bertz CT molecular complexity index is 1810. The van der Waals surface area contributed by atoms with Gasteiger partial charge in [0.2, 0.25) is 5.95 Å². The molecule has 4 heterocycles. The van der Waals surface area contributed by atoms with E-state index < -0.39 is 17.2 Å². The highest BCUT2D eigenvalue weighted by atomic mass is 35.5. The van der Waals surface area contributed by atoms with Crippen LogP contribution in [0.3, 0.4) is 0 Å². The van der Waals surface area contributed by atoms with Crippen LogP contribution in [0.2, 0.25) is 5.02 Å². The fourth-order valence-corrected chi connectivity index (χ4v) is 4.49. The van der Waals surface area contributed by atoms with Gasteiger partial charge in [-0.3, -0.25) is 18.7 Å². The zero-order valence-electron chi connectivity index (χ0n) is 20.2. The first kappa shape index (κ1) is 24.3. The Hall–Kier alpha value is -4.45. The number of benzene rings is 1. The third kappa shape index (κ3) is 4.47. The Kier molecular flexibility index (Phi) is 6.04. The molecule has 0 amide bonds. The largest absolute Gasteiger partial charge is 0.481 e. The topological polar surface area (TPSA) is 153 Å². The number of aryl methyl sites for hydroxylation is 4. The summed E-state index contributed by atoms with van der Waals surface area (Å²) in [4.78, 5) is 53.9. The van der Waals surface area contributed by atoms with Gasteiger partial charge in [-0.2, -0.15) is 4.98 Å². The molecule has 0 fully saturated rings. The van der Waals surface area contributed by atoms with Gasteiger partial charge in [0, 0.05) is 53.9 Å². The highest BCUT2D eigenvalue weighted by Crippen LogP contribution is 2.24. The van der Waals surface area contributed by atoms with Crippen LogP contribution < -0.4 is 16.6 Å². The number of hydrogen-bond acceptors (Lipinski definition) is 7. The van der Waals surface area contributed by atoms with Gasteiger partial charge >= 0.3 is 11.7 Å². The Labute approximate surface area is 214 Å². The van der Waals surface area contributed by atoms with Crippen LogP contribution in [0.5, 0.6) is 0 Å². The zero-order valence-corrected chi connectivity index (χ0v) is 21.0. The number of fused-ring (bicyclic) bond motifs is 2. The van der Waals surface area contributed by atoms with Gasteiger partial charge in [0.05, 0.1) is 13.0 Å². The number of anilines is 2. The minimum atomic E-state index is -0.942.